The zero-order valence-corrected chi connectivity index (χ0v) is 16.1. The smallest absolute Gasteiger partial charge is 0.105 e. The van der Waals surface area contributed by atoms with E-state index in [0.717, 1.165) is 19.6 Å². The Morgan fingerprint density at radius 1 is 0.792 bits per heavy atom. The summed E-state index contributed by atoms with van der Waals surface area (Å²) in [5.74, 6) is 0. The Labute approximate surface area is 147 Å². The van der Waals surface area contributed by atoms with E-state index >= 15 is 0 Å². The molecule has 0 aromatic rings. The van der Waals surface area contributed by atoms with Gasteiger partial charge in [0.15, 0.2) is 0 Å². The minimum absolute atomic E-state index is 0.456. The number of aliphatic hydroxyl groups is 4. The Morgan fingerprint density at radius 3 is 1.58 bits per heavy atom. The zero-order valence-electron chi connectivity index (χ0n) is 16.1. The van der Waals surface area contributed by atoms with Crippen molar-refractivity contribution < 1.29 is 24.9 Å². The maximum absolute atomic E-state index is 9.95. The normalized spacial score (nSPS) is 19.8. The topological polar surface area (TPSA) is 96.2 Å². The van der Waals surface area contributed by atoms with Crippen LogP contribution in [0.1, 0.15) is 27.7 Å². The van der Waals surface area contributed by atoms with Crippen LogP contribution >= 0.6 is 0 Å². The molecule has 0 aromatic heterocycles. The first-order valence-electron chi connectivity index (χ1n) is 9.04. The number of rotatable bonds is 14. The minimum atomic E-state index is -0.462. The molecule has 0 aliphatic carbocycles. The Hall–Kier alpha value is -0.280. The van der Waals surface area contributed by atoms with Crippen molar-refractivity contribution in [3.05, 3.63) is 0 Å². The molecule has 0 aliphatic heterocycles. The number of hydrogen-bond acceptors (Lipinski definition) is 6. The second-order valence-electron chi connectivity index (χ2n) is 7.41. The fraction of sp³-hybridized carbons (Fsp3) is 1.00. The summed E-state index contributed by atoms with van der Waals surface area (Å²) in [6.45, 7) is 12.2. The van der Waals surface area contributed by atoms with Gasteiger partial charge in [0, 0.05) is 26.2 Å². The third-order valence-electron chi connectivity index (χ3n) is 4.07. The summed E-state index contributed by atoms with van der Waals surface area (Å²) >= 11 is 0. The van der Waals surface area contributed by atoms with Gasteiger partial charge in [0.1, 0.15) is 25.3 Å². The van der Waals surface area contributed by atoms with Gasteiger partial charge in [0.25, 0.3) is 0 Å². The number of aliphatic hydroxyl groups excluding tert-OH is 4. The maximum Gasteiger partial charge on any atom is 0.105 e. The summed E-state index contributed by atoms with van der Waals surface area (Å²) in [5.41, 5.74) is 0. The van der Waals surface area contributed by atoms with Gasteiger partial charge in [-0.2, -0.15) is 0 Å². The summed E-state index contributed by atoms with van der Waals surface area (Å²) in [5, 5.41) is 42.4. The van der Waals surface area contributed by atoms with Crippen molar-refractivity contribution in [1.82, 2.24) is 10.2 Å². The van der Waals surface area contributed by atoms with Crippen LogP contribution in [0.2, 0.25) is 0 Å². The summed E-state index contributed by atoms with van der Waals surface area (Å²) in [6, 6.07) is 0. The van der Waals surface area contributed by atoms with Crippen molar-refractivity contribution >= 4 is 0 Å². The molecule has 0 radical (unpaired) electrons. The van der Waals surface area contributed by atoms with Crippen molar-refractivity contribution in [1.29, 1.82) is 0 Å². The van der Waals surface area contributed by atoms with E-state index in [0.29, 0.717) is 37.2 Å². The molecule has 24 heavy (non-hydrogen) atoms. The summed E-state index contributed by atoms with van der Waals surface area (Å²) in [6.07, 6.45) is -1.84. The average molecular weight is 351 g/mol. The molecule has 7 heteroatoms. The zero-order chi connectivity index (χ0) is 18.8. The van der Waals surface area contributed by atoms with Gasteiger partial charge >= 0.3 is 0 Å². The lowest BCUT2D eigenvalue weighted by Crippen LogP contribution is -2.60. The molecular formula is C17H40N3O4+. The van der Waals surface area contributed by atoms with E-state index in [1.54, 1.807) is 27.7 Å². The van der Waals surface area contributed by atoms with Gasteiger partial charge in [-0.15, -0.1) is 0 Å². The highest BCUT2D eigenvalue weighted by atomic mass is 16.3. The lowest BCUT2D eigenvalue weighted by atomic mass is 10.2. The highest BCUT2D eigenvalue weighted by Gasteiger charge is 2.31. The minimum Gasteiger partial charge on any atom is -0.392 e. The van der Waals surface area contributed by atoms with Gasteiger partial charge in [-0.3, -0.25) is 4.90 Å². The monoisotopic (exact) mass is 350 g/mol. The molecule has 0 bridgehead atoms. The first kappa shape index (κ1) is 23.7. The number of nitrogens with zero attached hydrogens (tertiary/aromatic N) is 2. The van der Waals surface area contributed by atoms with Crippen molar-refractivity contribution in [2.45, 2.75) is 52.1 Å². The van der Waals surface area contributed by atoms with Crippen LogP contribution in [0.5, 0.6) is 0 Å². The second-order valence-corrected chi connectivity index (χ2v) is 7.41. The molecule has 0 rings (SSSR count). The predicted molar refractivity (Wildman–Crippen MR) is 96.8 cm³/mol. The van der Waals surface area contributed by atoms with E-state index in [1.165, 1.54) is 0 Å². The van der Waals surface area contributed by atoms with Crippen LogP contribution in [0.3, 0.4) is 0 Å². The third kappa shape index (κ3) is 11.3. The van der Waals surface area contributed by atoms with Crippen LogP contribution in [0.15, 0.2) is 0 Å². The summed E-state index contributed by atoms with van der Waals surface area (Å²) < 4.78 is 0.603. The first-order chi connectivity index (χ1) is 11.1. The SMILES string of the molecule is CNCC[N+](CCN(CC(C)O)CC(C)O)(CC(C)O)CC(C)O. The predicted octanol–water partition coefficient (Wildman–Crippen LogP) is -1.15. The van der Waals surface area contributed by atoms with E-state index in [1.807, 2.05) is 11.9 Å². The highest BCUT2D eigenvalue weighted by molar-refractivity contribution is 4.66. The standard InChI is InChI=1S/C17H40N3O4/c1-14(21)10-19(11-15(2)22)7-9-20(8-6-18-5,12-16(3)23)13-17(4)24/h14-18,21-24H,6-13H2,1-5H3/q+1. The quantitative estimate of drug-likeness (QED) is 0.254. The Morgan fingerprint density at radius 2 is 1.25 bits per heavy atom. The van der Waals surface area contributed by atoms with Crippen LogP contribution in [-0.4, -0.2) is 114 Å². The lowest BCUT2D eigenvalue weighted by molar-refractivity contribution is -0.931. The molecule has 4 unspecified atom stereocenters. The molecule has 0 amide bonds. The van der Waals surface area contributed by atoms with Crippen molar-refractivity contribution in [3.63, 3.8) is 0 Å². The molecule has 0 aromatic carbocycles. The van der Waals surface area contributed by atoms with E-state index in [-0.39, 0.29) is 0 Å². The molecule has 0 heterocycles. The van der Waals surface area contributed by atoms with Crippen molar-refractivity contribution in [3.8, 4) is 0 Å². The van der Waals surface area contributed by atoms with Crippen molar-refractivity contribution in [2.24, 2.45) is 0 Å². The molecule has 0 fully saturated rings. The molecular weight excluding hydrogens is 310 g/mol. The molecule has 0 spiro atoms. The third-order valence-corrected chi connectivity index (χ3v) is 4.07. The van der Waals surface area contributed by atoms with Crippen LogP contribution in [0, 0.1) is 0 Å². The van der Waals surface area contributed by atoms with Crippen molar-refractivity contribution in [2.75, 3.05) is 59.4 Å². The van der Waals surface area contributed by atoms with Crippen LogP contribution in [0.4, 0.5) is 0 Å². The van der Waals surface area contributed by atoms with Gasteiger partial charge in [-0.1, -0.05) is 0 Å². The Balaban J connectivity index is 5.07. The largest absolute Gasteiger partial charge is 0.392 e. The van der Waals surface area contributed by atoms with Crippen LogP contribution in [0.25, 0.3) is 0 Å². The molecule has 7 nitrogen and oxygen atoms in total. The van der Waals surface area contributed by atoms with E-state index in [9.17, 15) is 20.4 Å². The van der Waals surface area contributed by atoms with Gasteiger partial charge in [-0.05, 0) is 34.7 Å². The molecule has 146 valence electrons. The number of hydrogen-bond donors (Lipinski definition) is 5. The summed E-state index contributed by atoms with van der Waals surface area (Å²) in [7, 11) is 1.90. The van der Waals surface area contributed by atoms with Crippen LogP contribution in [-0.2, 0) is 0 Å². The van der Waals surface area contributed by atoms with Gasteiger partial charge < -0.3 is 30.2 Å². The van der Waals surface area contributed by atoms with E-state index in [2.05, 4.69) is 5.32 Å². The highest BCUT2D eigenvalue weighted by Crippen LogP contribution is 2.12. The van der Waals surface area contributed by atoms with E-state index < -0.39 is 24.4 Å². The molecule has 5 N–H and O–H groups in total. The molecule has 0 aliphatic rings. The first-order valence-corrected chi connectivity index (χ1v) is 9.04. The number of nitrogens with one attached hydrogen (secondary N) is 1. The molecule has 4 atom stereocenters. The Kier molecular flexibility index (Phi) is 12.0. The average Bonchev–Trinajstić information content (AvgIpc) is 2.40. The second kappa shape index (κ2) is 12.1. The lowest BCUT2D eigenvalue weighted by Gasteiger charge is -2.42. The van der Waals surface area contributed by atoms with E-state index in [4.69, 9.17) is 0 Å². The molecule has 0 saturated carbocycles. The summed E-state index contributed by atoms with van der Waals surface area (Å²) in [4.78, 5) is 2.05. The van der Waals surface area contributed by atoms with Crippen LogP contribution < -0.4 is 5.32 Å². The number of quaternary nitrogens is 1. The molecule has 0 saturated heterocycles. The van der Waals surface area contributed by atoms with Gasteiger partial charge in [0.2, 0.25) is 0 Å². The van der Waals surface area contributed by atoms with Gasteiger partial charge in [0.05, 0.1) is 25.3 Å². The fourth-order valence-corrected chi connectivity index (χ4v) is 3.38. The maximum atomic E-state index is 9.95. The fourth-order valence-electron chi connectivity index (χ4n) is 3.38. The number of likely N-dealkylation sites (N-methyl/N-ethyl adjacent to an activating group) is 1. The Bertz CT molecular complexity index is 292. The van der Waals surface area contributed by atoms with Gasteiger partial charge in [-0.25, -0.2) is 0 Å².